The molecule has 6 heteroatoms. The monoisotopic (exact) mass is 298 g/mol. The molecule has 5 nitrogen and oxygen atoms in total. The number of phosphoric ester groups is 1. The molecule has 0 aromatic heterocycles. The Balaban J connectivity index is 1.67. The summed E-state index contributed by atoms with van der Waals surface area (Å²) in [5.74, 6) is 1.53. The van der Waals surface area contributed by atoms with Crippen LogP contribution in [0, 0.1) is 5.92 Å². The highest BCUT2D eigenvalue weighted by atomic mass is 31.2. The minimum absolute atomic E-state index is 0.00146. The Morgan fingerprint density at radius 2 is 1.85 bits per heavy atom. The van der Waals surface area contributed by atoms with Crippen molar-refractivity contribution in [3.05, 3.63) is 24.3 Å². The van der Waals surface area contributed by atoms with Crippen LogP contribution in [0.1, 0.15) is 25.7 Å². The topological polar surface area (TPSA) is 54.0 Å². The first-order valence-corrected chi connectivity index (χ1v) is 8.41. The van der Waals surface area contributed by atoms with E-state index in [4.69, 9.17) is 18.3 Å². The minimum Gasteiger partial charge on any atom is -0.497 e. The molecule has 1 aliphatic carbocycles. The molecular weight excluding hydrogens is 279 g/mol. The maximum atomic E-state index is 12.5. The summed E-state index contributed by atoms with van der Waals surface area (Å²) in [6.45, 7) is 0.456. The number of fused-ring (bicyclic) bond motifs is 1. The van der Waals surface area contributed by atoms with Gasteiger partial charge in [-0.05, 0) is 37.1 Å². The fraction of sp³-hybridized carbons (Fsp3) is 0.571. The van der Waals surface area contributed by atoms with Gasteiger partial charge in [-0.15, -0.1) is 0 Å². The Morgan fingerprint density at radius 3 is 2.60 bits per heavy atom. The van der Waals surface area contributed by atoms with Crippen molar-refractivity contribution in [1.29, 1.82) is 0 Å². The molecule has 3 atom stereocenters. The summed E-state index contributed by atoms with van der Waals surface area (Å²) in [7, 11) is -1.90. The maximum absolute atomic E-state index is 12.5. The molecule has 2 fully saturated rings. The molecule has 2 aliphatic rings. The van der Waals surface area contributed by atoms with Crippen molar-refractivity contribution in [2.45, 2.75) is 31.8 Å². The molecule has 0 N–H and O–H groups in total. The largest absolute Gasteiger partial charge is 0.530 e. The van der Waals surface area contributed by atoms with Gasteiger partial charge in [-0.3, -0.25) is 9.05 Å². The van der Waals surface area contributed by atoms with Crippen molar-refractivity contribution in [1.82, 2.24) is 0 Å². The van der Waals surface area contributed by atoms with Gasteiger partial charge in [0.1, 0.15) is 11.5 Å². The summed E-state index contributed by atoms with van der Waals surface area (Å²) in [6.07, 6.45) is 4.32. The highest BCUT2D eigenvalue weighted by molar-refractivity contribution is 7.49. The third kappa shape index (κ3) is 3.00. The van der Waals surface area contributed by atoms with E-state index in [1.807, 2.05) is 0 Å². The smallest absolute Gasteiger partial charge is 0.497 e. The van der Waals surface area contributed by atoms with Crippen molar-refractivity contribution >= 4 is 7.82 Å². The van der Waals surface area contributed by atoms with Gasteiger partial charge in [0.15, 0.2) is 0 Å². The average Bonchev–Trinajstić information content (AvgIpc) is 2.47. The van der Waals surface area contributed by atoms with E-state index in [0.29, 0.717) is 24.0 Å². The van der Waals surface area contributed by atoms with Crippen LogP contribution in [-0.2, 0) is 13.6 Å². The molecule has 1 aromatic carbocycles. The summed E-state index contributed by atoms with van der Waals surface area (Å²) < 4.78 is 34.0. The summed E-state index contributed by atoms with van der Waals surface area (Å²) in [5, 5.41) is 0. The predicted octanol–water partition coefficient (Wildman–Crippen LogP) is 3.79. The van der Waals surface area contributed by atoms with Crippen LogP contribution in [0.2, 0.25) is 0 Å². The van der Waals surface area contributed by atoms with Gasteiger partial charge in [0.2, 0.25) is 0 Å². The molecule has 110 valence electrons. The molecule has 1 heterocycles. The molecule has 20 heavy (non-hydrogen) atoms. The molecule has 1 saturated carbocycles. The first-order valence-electron chi connectivity index (χ1n) is 6.95. The Hall–Kier alpha value is -1.03. The summed E-state index contributed by atoms with van der Waals surface area (Å²) in [6, 6.07) is 6.88. The van der Waals surface area contributed by atoms with E-state index < -0.39 is 7.82 Å². The van der Waals surface area contributed by atoms with Crippen LogP contribution in [0.4, 0.5) is 0 Å². The molecule has 0 bridgehead atoms. The van der Waals surface area contributed by atoms with Crippen LogP contribution in [0.3, 0.4) is 0 Å². The van der Waals surface area contributed by atoms with Crippen molar-refractivity contribution in [2.24, 2.45) is 5.92 Å². The third-order valence-corrected chi connectivity index (χ3v) is 5.26. The first-order chi connectivity index (χ1) is 9.68. The van der Waals surface area contributed by atoms with E-state index in [0.717, 1.165) is 19.3 Å². The van der Waals surface area contributed by atoms with E-state index in [2.05, 4.69) is 0 Å². The fourth-order valence-electron chi connectivity index (χ4n) is 2.70. The van der Waals surface area contributed by atoms with Gasteiger partial charge in [-0.1, -0.05) is 12.8 Å². The Morgan fingerprint density at radius 1 is 1.15 bits per heavy atom. The van der Waals surface area contributed by atoms with Crippen LogP contribution >= 0.6 is 7.82 Å². The van der Waals surface area contributed by atoms with Crippen molar-refractivity contribution < 1.29 is 22.9 Å². The average molecular weight is 298 g/mol. The van der Waals surface area contributed by atoms with Crippen LogP contribution in [0.15, 0.2) is 24.3 Å². The number of hydrogen-bond donors (Lipinski definition) is 0. The highest BCUT2D eigenvalue weighted by Gasteiger charge is 2.42. The third-order valence-electron chi connectivity index (χ3n) is 3.83. The number of hydrogen-bond acceptors (Lipinski definition) is 5. The van der Waals surface area contributed by atoms with Gasteiger partial charge in [0.05, 0.1) is 19.8 Å². The Kier molecular flexibility index (Phi) is 4.01. The molecule has 0 spiro atoms. The molecule has 1 aromatic rings. The van der Waals surface area contributed by atoms with Gasteiger partial charge in [-0.2, -0.15) is 0 Å². The van der Waals surface area contributed by atoms with Gasteiger partial charge in [0.25, 0.3) is 0 Å². The van der Waals surface area contributed by atoms with Crippen LogP contribution in [0.5, 0.6) is 11.5 Å². The molecule has 0 amide bonds. The maximum Gasteiger partial charge on any atom is 0.530 e. The molecule has 3 rings (SSSR count). The second kappa shape index (κ2) is 5.76. The van der Waals surface area contributed by atoms with E-state index in [1.165, 1.54) is 6.42 Å². The molecule has 1 aliphatic heterocycles. The zero-order valence-electron chi connectivity index (χ0n) is 11.5. The quantitative estimate of drug-likeness (QED) is 0.795. The van der Waals surface area contributed by atoms with Gasteiger partial charge < -0.3 is 9.26 Å². The lowest BCUT2D eigenvalue weighted by molar-refractivity contribution is -0.0173. The van der Waals surface area contributed by atoms with Gasteiger partial charge in [0, 0.05) is 5.92 Å². The van der Waals surface area contributed by atoms with Crippen molar-refractivity contribution in [3.63, 3.8) is 0 Å². The van der Waals surface area contributed by atoms with Gasteiger partial charge in [-0.25, -0.2) is 4.57 Å². The zero-order valence-corrected chi connectivity index (χ0v) is 12.4. The number of methoxy groups -OCH3 is 1. The van der Waals surface area contributed by atoms with E-state index in [-0.39, 0.29) is 6.10 Å². The lowest BCUT2D eigenvalue weighted by Gasteiger charge is -2.37. The normalized spacial score (nSPS) is 33.2. The highest BCUT2D eigenvalue weighted by Crippen LogP contribution is 2.56. The van der Waals surface area contributed by atoms with Crippen LogP contribution in [0.25, 0.3) is 0 Å². The minimum atomic E-state index is -3.49. The predicted molar refractivity (Wildman–Crippen MR) is 74.0 cm³/mol. The van der Waals surface area contributed by atoms with Crippen molar-refractivity contribution in [2.75, 3.05) is 13.7 Å². The van der Waals surface area contributed by atoms with Gasteiger partial charge >= 0.3 is 7.82 Å². The fourth-order valence-corrected chi connectivity index (χ4v) is 4.22. The van der Waals surface area contributed by atoms with E-state index in [1.54, 1.807) is 31.4 Å². The standard InChI is InChI=1S/C14H19O5P/c1-16-12-6-8-13(9-7-12)18-20(15)17-10-11-4-2-3-5-14(11)19-20/h6-9,11,14H,2-5,10H2,1H3. The second-order valence-electron chi connectivity index (χ2n) is 5.20. The van der Waals surface area contributed by atoms with E-state index in [9.17, 15) is 4.57 Å². The van der Waals surface area contributed by atoms with E-state index >= 15 is 0 Å². The SMILES string of the molecule is COc1ccc(OP2(=O)OCC3CCCCC3O2)cc1. The first kappa shape index (κ1) is 13.9. The lowest BCUT2D eigenvalue weighted by atomic mass is 9.87. The van der Waals surface area contributed by atoms with Crippen LogP contribution in [-0.4, -0.2) is 19.8 Å². The molecule has 1 saturated heterocycles. The zero-order chi connectivity index (χ0) is 14.0. The number of phosphoric acid groups is 1. The Bertz CT molecular complexity index is 501. The summed E-state index contributed by atoms with van der Waals surface area (Å²) >= 11 is 0. The second-order valence-corrected chi connectivity index (χ2v) is 6.74. The lowest BCUT2D eigenvalue weighted by Crippen LogP contribution is -2.35. The number of benzene rings is 1. The summed E-state index contributed by atoms with van der Waals surface area (Å²) in [5.41, 5.74) is 0. The number of rotatable bonds is 3. The van der Waals surface area contributed by atoms with Crippen LogP contribution < -0.4 is 9.26 Å². The molecular formula is C14H19O5P. The number of ether oxygens (including phenoxy) is 1. The molecule has 0 radical (unpaired) electrons. The van der Waals surface area contributed by atoms with Crippen molar-refractivity contribution in [3.8, 4) is 11.5 Å². The Labute approximate surface area is 118 Å². The summed E-state index contributed by atoms with van der Waals surface area (Å²) in [4.78, 5) is 0. The molecule has 3 unspecified atom stereocenters.